The minimum Gasteiger partial charge on any atom is -0.372 e. The number of alkyl halides is 1. The van der Waals surface area contributed by atoms with Gasteiger partial charge in [-0.2, -0.15) is 0 Å². The molecule has 5 nitrogen and oxygen atoms in total. The fourth-order valence-electron chi connectivity index (χ4n) is 2.00. The van der Waals surface area contributed by atoms with Crippen molar-refractivity contribution in [3.63, 3.8) is 0 Å². The predicted molar refractivity (Wildman–Crippen MR) is 99.4 cm³/mol. The number of azo groups is 1. The first-order valence-electron chi connectivity index (χ1n) is 6.99. The number of carbonyl (C=O) groups excluding carboxylic acids is 1. The van der Waals surface area contributed by atoms with Crippen LogP contribution in [0.5, 0.6) is 0 Å². The molecule has 1 aromatic carbocycles. The lowest BCUT2D eigenvalue weighted by molar-refractivity contribution is 0.112. The van der Waals surface area contributed by atoms with Gasteiger partial charge in [-0.1, -0.05) is 33.9 Å². The summed E-state index contributed by atoms with van der Waals surface area (Å²) in [6.07, 6.45) is 0.823. The Morgan fingerprint density at radius 3 is 2.41 bits per heavy atom. The van der Waals surface area contributed by atoms with Crippen LogP contribution >= 0.6 is 33.9 Å². The lowest BCUT2D eigenvalue weighted by atomic mass is 10.2. The van der Waals surface area contributed by atoms with Crippen LogP contribution < -0.4 is 4.90 Å². The molecule has 0 aliphatic carbocycles. The molecule has 0 aliphatic rings. The van der Waals surface area contributed by atoms with Crippen molar-refractivity contribution in [2.75, 3.05) is 18.0 Å². The first-order valence-corrected chi connectivity index (χ1v) is 9.33. The molecule has 22 heavy (non-hydrogen) atoms. The number of hydrogen-bond acceptors (Lipinski definition) is 6. The Kier molecular flexibility index (Phi) is 6.44. The number of anilines is 1. The van der Waals surface area contributed by atoms with E-state index in [1.54, 1.807) is 0 Å². The third-order valence-corrected chi connectivity index (χ3v) is 4.81. The quantitative estimate of drug-likeness (QED) is 0.265. The number of carbonyl (C=O) groups is 1. The summed E-state index contributed by atoms with van der Waals surface area (Å²) in [4.78, 5) is 18.1. The number of rotatable bonds is 7. The molecular weight excluding hydrogens is 411 g/mol. The summed E-state index contributed by atoms with van der Waals surface area (Å²) in [6.45, 7) is 6.22. The molecule has 0 aliphatic heterocycles. The number of hydrogen-bond donors (Lipinski definition) is 0. The van der Waals surface area contributed by atoms with Crippen molar-refractivity contribution in [3.05, 3.63) is 34.8 Å². The van der Waals surface area contributed by atoms with E-state index in [9.17, 15) is 4.79 Å². The molecule has 0 spiro atoms. The molecule has 0 fully saturated rings. The molecule has 0 N–H and O–H groups in total. The molecule has 1 heterocycles. The molecule has 1 aromatic heterocycles. The maximum Gasteiger partial charge on any atom is 0.230 e. The van der Waals surface area contributed by atoms with E-state index in [2.05, 4.69) is 56.6 Å². The molecule has 0 saturated heterocycles. The predicted octanol–water partition coefficient (Wildman–Crippen LogP) is 5.15. The SMILES string of the molecule is CCN(CC)c1ccc(N=Nc2nc(CI)c(C=O)s2)cc1. The zero-order valence-electron chi connectivity index (χ0n) is 12.5. The smallest absolute Gasteiger partial charge is 0.230 e. The van der Waals surface area contributed by atoms with Crippen molar-refractivity contribution in [3.8, 4) is 0 Å². The molecule has 7 heteroatoms. The van der Waals surface area contributed by atoms with Crippen LogP contribution in [0, 0.1) is 0 Å². The lowest BCUT2D eigenvalue weighted by Crippen LogP contribution is -2.21. The minimum absolute atomic E-state index is 0.515. The van der Waals surface area contributed by atoms with Gasteiger partial charge in [0.05, 0.1) is 16.3 Å². The number of aromatic nitrogens is 1. The standard InChI is InChI=1S/C15H17IN4OS/c1-3-20(4-2)12-7-5-11(6-8-12)18-19-15-17-13(9-16)14(10-21)22-15/h5-8,10H,3-4,9H2,1-2H3. The molecule has 0 saturated carbocycles. The van der Waals surface area contributed by atoms with Crippen LogP contribution in [0.15, 0.2) is 34.5 Å². The fourth-order valence-corrected chi connectivity index (χ4v) is 3.56. The van der Waals surface area contributed by atoms with Crippen LogP contribution in [-0.2, 0) is 4.43 Å². The number of nitrogens with zero attached hydrogens (tertiary/aromatic N) is 4. The van der Waals surface area contributed by atoms with Gasteiger partial charge in [0.15, 0.2) is 6.29 Å². The highest BCUT2D eigenvalue weighted by atomic mass is 127. The highest BCUT2D eigenvalue weighted by molar-refractivity contribution is 14.1. The molecule has 0 unspecified atom stereocenters. The van der Waals surface area contributed by atoms with E-state index in [1.807, 2.05) is 24.3 Å². The second kappa shape index (κ2) is 8.33. The molecule has 0 amide bonds. The monoisotopic (exact) mass is 428 g/mol. The summed E-state index contributed by atoms with van der Waals surface area (Å²) in [5, 5.41) is 8.83. The topological polar surface area (TPSA) is 57.9 Å². The first-order chi connectivity index (χ1) is 10.7. The second-order valence-corrected chi connectivity index (χ2v) is 6.22. The molecule has 0 bridgehead atoms. The average Bonchev–Trinajstić information content (AvgIpc) is 2.97. The fraction of sp³-hybridized carbons (Fsp3) is 0.333. The number of benzene rings is 1. The van der Waals surface area contributed by atoms with Crippen LogP contribution in [0.1, 0.15) is 29.2 Å². The van der Waals surface area contributed by atoms with Crippen LogP contribution in [0.25, 0.3) is 0 Å². The van der Waals surface area contributed by atoms with Gasteiger partial charge >= 0.3 is 0 Å². The van der Waals surface area contributed by atoms with Crippen molar-refractivity contribution in [2.45, 2.75) is 18.3 Å². The number of halogens is 1. The van der Waals surface area contributed by atoms with E-state index in [1.165, 1.54) is 17.0 Å². The maximum absolute atomic E-state index is 10.9. The van der Waals surface area contributed by atoms with Crippen LogP contribution in [-0.4, -0.2) is 24.4 Å². The van der Waals surface area contributed by atoms with Gasteiger partial charge in [-0.05, 0) is 38.1 Å². The summed E-state index contributed by atoms with van der Waals surface area (Å²) >= 11 is 3.45. The van der Waals surface area contributed by atoms with Gasteiger partial charge in [0, 0.05) is 23.2 Å². The minimum atomic E-state index is 0.515. The number of thiazole rings is 1. The van der Waals surface area contributed by atoms with E-state index in [-0.39, 0.29) is 0 Å². The zero-order chi connectivity index (χ0) is 15.9. The van der Waals surface area contributed by atoms with Crippen LogP contribution in [0.2, 0.25) is 0 Å². The Bertz CT molecular complexity index is 650. The average molecular weight is 428 g/mol. The van der Waals surface area contributed by atoms with Gasteiger partial charge in [0.2, 0.25) is 5.13 Å². The molecule has 0 radical (unpaired) electrons. The number of aldehydes is 1. The highest BCUT2D eigenvalue weighted by Gasteiger charge is 2.08. The van der Waals surface area contributed by atoms with Crippen LogP contribution in [0.4, 0.5) is 16.5 Å². The van der Waals surface area contributed by atoms with Gasteiger partial charge < -0.3 is 4.90 Å². The second-order valence-electron chi connectivity index (χ2n) is 4.45. The third-order valence-electron chi connectivity index (χ3n) is 3.18. The van der Waals surface area contributed by atoms with E-state index >= 15 is 0 Å². The van der Waals surface area contributed by atoms with Gasteiger partial charge in [-0.3, -0.25) is 4.79 Å². The Labute approximate surface area is 147 Å². The first kappa shape index (κ1) is 17.0. The van der Waals surface area contributed by atoms with Crippen molar-refractivity contribution >= 4 is 56.7 Å². The van der Waals surface area contributed by atoms with Crippen molar-refractivity contribution < 1.29 is 4.79 Å². The summed E-state index contributed by atoms with van der Waals surface area (Å²) in [5.41, 5.74) is 2.72. The highest BCUT2D eigenvalue weighted by Crippen LogP contribution is 2.28. The van der Waals surface area contributed by atoms with Gasteiger partial charge in [-0.25, -0.2) is 4.98 Å². The summed E-state index contributed by atoms with van der Waals surface area (Å²) in [5.74, 6) is 0. The van der Waals surface area contributed by atoms with Crippen molar-refractivity contribution in [2.24, 2.45) is 10.2 Å². The van der Waals surface area contributed by atoms with Crippen molar-refractivity contribution in [1.29, 1.82) is 0 Å². The summed E-state index contributed by atoms with van der Waals surface area (Å²) < 4.78 is 0.691. The molecule has 2 rings (SSSR count). The van der Waals surface area contributed by atoms with E-state index < -0.39 is 0 Å². The normalized spacial score (nSPS) is 11.0. The van der Waals surface area contributed by atoms with E-state index in [0.717, 1.165) is 30.8 Å². The maximum atomic E-state index is 10.9. The van der Waals surface area contributed by atoms with Gasteiger partial charge in [-0.15, -0.1) is 10.2 Å². The Morgan fingerprint density at radius 1 is 1.23 bits per heavy atom. The molecule has 2 aromatic rings. The lowest BCUT2D eigenvalue weighted by Gasteiger charge is -2.20. The third kappa shape index (κ3) is 4.10. The van der Waals surface area contributed by atoms with Gasteiger partial charge in [0.1, 0.15) is 0 Å². The largest absolute Gasteiger partial charge is 0.372 e. The summed E-state index contributed by atoms with van der Waals surface area (Å²) in [7, 11) is 0. The van der Waals surface area contributed by atoms with Crippen molar-refractivity contribution in [1.82, 2.24) is 4.98 Å². The Hall–Kier alpha value is -1.35. The van der Waals surface area contributed by atoms with Crippen LogP contribution in [0.3, 0.4) is 0 Å². The van der Waals surface area contributed by atoms with Gasteiger partial charge in [0.25, 0.3) is 0 Å². The van der Waals surface area contributed by atoms with E-state index in [4.69, 9.17) is 0 Å². The molecule has 0 atom stereocenters. The molecular formula is C15H17IN4OS. The zero-order valence-corrected chi connectivity index (χ0v) is 15.5. The Balaban J connectivity index is 2.13. The van der Waals surface area contributed by atoms with E-state index in [0.29, 0.717) is 14.4 Å². The summed E-state index contributed by atoms with van der Waals surface area (Å²) in [6, 6.07) is 7.95. The molecule has 116 valence electrons. The Morgan fingerprint density at radius 2 is 1.91 bits per heavy atom.